The van der Waals surface area contributed by atoms with Crippen molar-refractivity contribution in [2.24, 2.45) is 5.14 Å². The zero-order valence-electron chi connectivity index (χ0n) is 12.3. The molecule has 0 atom stereocenters. The molecule has 0 aliphatic heterocycles. The van der Waals surface area contributed by atoms with Crippen LogP contribution in [0.3, 0.4) is 0 Å². The molecule has 0 heterocycles. The van der Waals surface area contributed by atoms with E-state index in [2.05, 4.69) is 10.6 Å². The lowest BCUT2D eigenvalue weighted by Gasteiger charge is -2.14. The summed E-state index contributed by atoms with van der Waals surface area (Å²) in [5.74, 6) is 0. The molecule has 25 heavy (non-hydrogen) atoms. The van der Waals surface area contributed by atoms with Crippen LogP contribution in [0, 0.1) is 0 Å². The standard InChI is InChI=1S/C14H11ClF3N3O2S2/c15-11-6-1-8(14(16,17)18)7-12(11)21-13(24)20-9-2-4-10(5-3-9)25(19,22)23/h1-7H,(H2,19,22,23)(H2,20,21,24). The van der Waals surface area contributed by atoms with E-state index in [0.717, 1.165) is 18.2 Å². The number of thiocarbonyl (C=S) groups is 1. The SMILES string of the molecule is NS(=O)(=O)c1ccc(NC(=S)Nc2cc(C(F)(F)F)ccc2Cl)cc1. The number of alkyl halides is 3. The van der Waals surface area contributed by atoms with Crippen LogP contribution in [0.25, 0.3) is 0 Å². The van der Waals surface area contributed by atoms with Gasteiger partial charge in [-0.25, -0.2) is 13.6 Å². The van der Waals surface area contributed by atoms with Crippen LogP contribution in [0.4, 0.5) is 24.5 Å². The normalized spacial score (nSPS) is 11.9. The maximum Gasteiger partial charge on any atom is 0.416 e. The lowest BCUT2D eigenvalue weighted by Crippen LogP contribution is -2.20. The summed E-state index contributed by atoms with van der Waals surface area (Å²) in [6.45, 7) is 0. The Bertz CT molecular complexity index is 901. The highest BCUT2D eigenvalue weighted by Gasteiger charge is 2.31. The first-order valence-electron chi connectivity index (χ1n) is 6.54. The number of halogens is 4. The van der Waals surface area contributed by atoms with Crippen LogP contribution in [-0.4, -0.2) is 13.5 Å². The Kier molecular flexibility index (Phi) is 5.57. The number of nitrogens with one attached hydrogen (secondary N) is 2. The number of benzene rings is 2. The first kappa shape index (κ1) is 19.4. The summed E-state index contributed by atoms with van der Waals surface area (Å²) in [7, 11) is -3.82. The van der Waals surface area contributed by atoms with Crippen molar-refractivity contribution in [1.29, 1.82) is 0 Å². The molecular formula is C14H11ClF3N3O2S2. The molecule has 0 saturated carbocycles. The number of sulfonamides is 1. The lowest BCUT2D eigenvalue weighted by molar-refractivity contribution is -0.137. The van der Waals surface area contributed by atoms with E-state index in [4.69, 9.17) is 29.0 Å². The third kappa shape index (κ3) is 5.30. The van der Waals surface area contributed by atoms with Gasteiger partial charge >= 0.3 is 6.18 Å². The highest BCUT2D eigenvalue weighted by Crippen LogP contribution is 2.33. The summed E-state index contributed by atoms with van der Waals surface area (Å²) in [5, 5.41) is 10.3. The smallest absolute Gasteiger partial charge is 0.332 e. The molecule has 0 unspecified atom stereocenters. The minimum atomic E-state index is -4.51. The summed E-state index contributed by atoms with van der Waals surface area (Å²) >= 11 is 10.9. The monoisotopic (exact) mass is 409 g/mol. The Labute approximate surface area is 152 Å². The van der Waals surface area contributed by atoms with Crippen molar-refractivity contribution >= 4 is 50.3 Å². The molecule has 2 rings (SSSR count). The fraction of sp³-hybridized carbons (Fsp3) is 0.0714. The van der Waals surface area contributed by atoms with Crippen molar-refractivity contribution in [2.45, 2.75) is 11.1 Å². The number of rotatable bonds is 3. The Balaban J connectivity index is 2.13. The number of primary sulfonamides is 1. The van der Waals surface area contributed by atoms with Crippen molar-refractivity contribution < 1.29 is 21.6 Å². The molecule has 0 saturated heterocycles. The van der Waals surface area contributed by atoms with Crippen molar-refractivity contribution in [2.75, 3.05) is 10.6 Å². The number of hydrogen-bond acceptors (Lipinski definition) is 3. The topological polar surface area (TPSA) is 84.2 Å². The van der Waals surface area contributed by atoms with E-state index in [9.17, 15) is 21.6 Å². The van der Waals surface area contributed by atoms with Crippen LogP contribution in [0.2, 0.25) is 5.02 Å². The Hall–Kier alpha value is -1.88. The second-order valence-corrected chi connectivity index (χ2v) is 7.22. The molecule has 0 amide bonds. The molecule has 2 aromatic rings. The minimum Gasteiger partial charge on any atom is -0.332 e. The van der Waals surface area contributed by atoms with E-state index in [1.807, 2.05) is 0 Å². The van der Waals surface area contributed by atoms with Crippen LogP contribution in [0.1, 0.15) is 5.56 Å². The lowest BCUT2D eigenvalue weighted by atomic mass is 10.2. The predicted molar refractivity (Wildman–Crippen MR) is 94.1 cm³/mol. The number of anilines is 2. The van der Waals surface area contributed by atoms with Crippen LogP contribution < -0.4 is 15.8 Å². The molecule has 0 radical (unpaired) electrons. The third-order valence-corrected chi connectivity index (χ3v) is 4.45. The van der Waals surface area contributed by atoms with Gasteiger partial charge in [0.2, 0.25) is 10.0 Å². The van der Waals surface area contributed by atoms with E-state index < -0.39 is 21.8 Å². The maximum atomic E-state index is 12.7. The van der Waals surface area contributed by atoms with Crippen molar-refractivity contribution in [3.8, 4) is 0 Å². The molecule has 0 spiro atoms. The predicted octanol–water partition coefficient (Wildman–Crippen LogP) is 3.82. The van der Waals surface area contributed by atoms with Crippen molar-refractivity contribution in [3.63, 3.8) is 0 Å². The van der Waals surface area contributed by atoms with E-state index in [-0.39, 0.29) is 20.7 Å². The summed E-state index contributed by atoms with van der Waals surface area (Å²) in [6, 6.07) is 8.13. The average Bonchev–Trinajstić information content (AvgIpc) is 2.48. The second kappa shape index (κ2) is 7.16. The van der Waals surface area contributed by atoms with Gasteiger partial charge in [0.05, 0.1) is 21.2 Å². The van der Waals surface area contributed by atoms with Gasteiger partial charge in [0.15, 0.2) is 5.11 Å². The van der Waals surface area contributed by atoms with E-state index in [0.29, 0.717) is 5.69 Å². The highest BCUT2D eigenvalue weighted by atomic mass is 35.5. The molecule has 0 aromatic heterocycles. The van der Waals surface area contributed by atoms with Crippen molar-refractivity contribution in [3.05, 3.63) is 53.1 Å². The molecule has 0 aliphatic rings. The van der Waals surface area contributed by atoms with Gasteiger partial charge in [0.1, 0.15) is 0 Å². The van der Waals surface area contributed by atoms with Crippen LogP contribution in [-0.2, 0) is 16.2 Å². The second-order valence-electron chi connectivity index (χ2n) is 4.84. The van der Waals surface area contributed by atoms with Crippen LogP contribution in [0.15, 0.2) is 47.4 Å². The minimum absolute atomic E-state index is 0.0184. The quantitative estimate of drug-likeness (QED) is 0.671. The molecule has 5 nitrogen and oxygen atoms in total. The number of hydrogen-bond donors (Lipinski definition) is 3. The third-order valence-electron chi connectivity index (χ3n) is 2.98. The molecule has 2 aromatic carbocycles. The fourth-order valence-corrected chi connectivity index (χ4v) is 2.72. The largest absolute Gasteiger partial charge is 0.416 e. The van der Waals surface area contributed by atoms with Crippen LogP contribution >= 0.6 is 23.8 Å². The average molecular weight is 410 g/mol. The molecule has 0 fully saturated rings. The van der Waals surface area contributed by atoms with Crippen LogP contribution in [0.5, 0.6) is 0 Å². The fourth-order valence-electron chi connectivity index (χ4n) is 1.81. The summed E-state index contributed by atoms with van der Waals surface area (Å²) < 4.78 is 60.6. The Morgan fingerprint density at radius 2 is 1.68 bits per heavy atom. The Morgan fingerprint density at radius 3 is 2.20 bits per heavy atom. The van der Waals surface area contributed by atoms with E-state index in [1.165, 1.54) is 24.3 Å². The van der Waals surface area contributed by atoms with Gasteiger partial charge in [-0.15, -0.1) is 0 Å². The molecular weight excluding hydrogens is 399 g/mol. The summed E-state index contributed by atoms with van der Waals surface area (Å²) in [6.07, 6.45) is -4.51. The van der Waals surface area contributed by atoms with Crippen molar-refractivity contribution in [1.82, 2.24) is 0 Å². The first-order chi connectivity index (χ1) is 11.5. The van der Waals surface area contributed by atoms with Gasteiger partial charge in [-0.2, -0.15) is 13.2 Å². The van der Waals surface area contributed by atoms with Gasteiger partial charge in [-0.3, -0.25) is 0 Å². The molecule has 4 N–H and O–H groups in total. The van der Waals surface area contributed by atoms with E-state index >= 15 is 0 Å². The molecule has 134 valence electrons. The zero-order chi connectivity index (χ0) is 18.8. The van der Waals surface area contributed by atoms with E-state index in [1.54, 1.807) is 0 Å². The Morgan fingerprint density at radius 1 is 1.08 bits per heavy atom. The zero-order valence-corrected chi connectivity index (χ0v) is 14.7. The first-order valence-corrected chi connectivity index (χ1v) is 8.88. The summed E-state index contributed by atoms with van der Waals surface area (Å²) in [5.41, 5.74) is -0.483. The molecule has 0 bridgehead atoms. The van der Waals surface area contributed by atoms with Gasteiger partial charge < -0.3 is 10.6 Å². The van der Waals surface area contributed by atoms with Gasteiger partial charge in [-0.05, 0) is 54.7 Å². The molecule has 11 heteroatoms. The maximum absolute atomic E-state index is 12.7. The van der Waals surface area contributed by atoms with Gasteiger partial charge in [0, 0.05) is 5.69 Å². The molecule has 0 aliphatic carbocycles. The van der Waals surface area contributed by atoms with Gasteiger partial charge in [0.25, 0.3) is 0 Å². The van der Waals surface area contributed by atoms with Gasteiger partial charge in [-0.1, -0.05) is 11.6 Å². The summed E-state index contributed by atoms with van der Waals surface area (Å²) in [4.78, 5) is -0.0853. The number of nitrogens with two attached hydrogens (primary N) is 1. The highest BCUT2D eigenvalue weighted by molar-refractivity contribution is 7.89.